The SMILES string of the molecule is C=CCOc1ccc(-n2c(C)cc(/C=C3\C(=O)NC(=S)N(c4ccc(CC)cc4)C3=O)c2C)cc1. The molecule has 3 aromatic rings. The minimum Gasteiger partial charge on any atom is -0.490 e. The van der Waals surface area contributed by atoms with E-state index < -0.39 is 11.8 Å². The second-order valence-corrected chi connectivity index (χ2v) is 8.62. The number of aromatic nitrogens is 1. The van der Waals surface area contributed by atoms with Gasteiger partial charge >= 0.3 is 0 Å². The Labute approximate surface area is 210 Å². The highest BCUT2D eigenvalue weighted by atomic mass is 32.1. The summed E-state index contributed by atoms with van der Waals surface area (Å²) in [6.07, 6.45) is 4.22. The first-order valence-electron chi connectivity index (χ1n) is 11.4. The maximum atomic E-state index is 13.4. The molecule has 0 atom stereocenters. The van der Waals surface area contributed by atoms with Crippen molar-refractivity contribution in [2.75, 3.05) is 11.5 Å². The maximum Gasteiger partial charge on any atom is 0.270 e. The zero-order chi connectivity index (χ0) is 25.1. The molecule has 0 radical (unpaired) electrons. The summed E-state index contributed by atoms with van der Waals surface area (Å²) in [5.74, 6) is -0.197. The summed E-state index contributed by atoms with van der Waals surface area (Å²) in [4.78, 5) is 27.5. The topological polar surface area (TPSA) is 63.6 Å². The monoisotopic (exact) mass is 485 g/mol. The minimum absolute atomic E-state index is 0.0339. The predicted molar refractivity (Wildman–Crippen MR) is 143 cm³/mol. The molecule has 7 heteroatoms. The summed E-state index contributed by atoms with van der Waals surface area (Å²) in [6, 6.07) is 17.3. The molecule has 2 aromatic carbocycles. The number of hydrogen-bond acceptors (Lipinski definition) is 4. The van der Waals surface area contributed by atoms with E-state index in [1.54, 1.807) is 12.2 Å². The Morgan fingerprint density at radius 2 is 1.69 bits per heavy atom. The molecular formula is C28H27N3O3S. The van der Waals surface area contributed by atoms with Gasteiger partial charge in [-0.3, -0.25) is 19.8 Å². The predicted octanol–water partition coefficient (Wildman–Crippen LogP) is 5.05. The molecule has 1 aliphatic heterocycles. The van der Waals surface area contributed by atoms with Crippen LogP contribution in [0.3, 0.4) is 0 Å². The molecular weight excluding hydrogens is 458 g/mol. The first kappa shape index (κ1) is 24.2. The number of nitrogens with zero attached hydrogens (tertiary/aromatic N) is 2. The van der Waals surface area contributed by atoms with E-state index in [1.165, 1.54) is 4.90 Å². The molecule has 1 aliphatic rings. The molecule has 4 rings (SSSR count). The van der Waals surface area contributed by atoms with E-state index in [2.05, 4.69) is 23.4 Å². The van der Waals surface area contributed by atoms with Gasteiger partial charge < -0.3 is 9.30 Å². The molecule has 1 aromatic heterocycles. The van der Waals surface area contributed by atoms with Gasteiger partial charge in [0.1, 0.15) is 17.9 Å². The van der Waals surface area contributed by atoms with Crippen molar-refractivity contribution in [1.82, 2.24) is 9.88 Å². The Kier molecular flexibility index (Phi) is 6.98. The lowest BCUT2D eigenvalue weighted by molar-refractivity contribution is -0.122. The average molecular weight is 486 g/mol. The van der Waals surface area contributed by atoms with E-state index >= 15 is 0 Å². The normalized spacial score (nSPS) is 14.9. The van der Waals surface area contributed by atoms with E-state index in [0.717, 1.165) is 40.4 Å². The van der Waals surface area contributed by atoms with Gasteiger partial charge in [0.25, 0.3) is 11.8 Å². The van der Waals surface area contributed by atoms with Crippen molar-refractivity contribution < 1.29 is 14.3 Å². The van der Waals surface area contributed by atoms with Crippen LogP contribution in [0, 0.1) is 13.8 Å². The third-order valence-corrected chi connectivity index (χ3v) is 6.22. The van der Waals surface area contributed by atoms with Gasteiger partial charge in [-0.05, 0) is 92.2 Å². The van der Waals surface area contributed by atoms with Gasteiger partial charge in [-0.15, -0.1) is 0 Å². The van der Waals surface area contributed by atoms with Crippen molar-refractivity contribution in [1.29, 1.82) is 0 Å². The van der Waals surface area contributed by atoms with Gasteiger partial charge in [0.15, 0.2) is 5.11 Å². The van der Waals surface area contributed by atoms with Crippen molar-refractivity contribution in [2.24, 2.45) is 0 Å². The maximum absolute atomic E-state index is 13.4. The van der Waals surface area contributed by atoms with E-state index in [9.17, 15) is 9.59 Å². The zero-order valence-electron chi connectivity index (χ0n) is 20.0. The quantitative estimate of drug-likeness (QED) is 0.220. The third kappa shape index (κ3) is 4.81. The third-order valence-electron chi connectivity index (χ3n) is 5.94. The van der Waals surface area contributed by atoms with Crippen molar-refractivity contribution in [3.05, 3.63) is 95.3 Å². The van der Waals surface area contributed by atoms with Gasteiger partial charge in [0.2, 0.25) is 0 Å². The Morgan fingerprint density at radius 3 is 2.31 bits per heavy atom. The Balaban J connectivity index is 1.67. The van der Waals surface area contributed by atoms with Gasteiger partial charge in [-0.1, -0.05) is 31.7 Å². The van der Waals surface area contributed by atoms with Crippen molar-refractivity contribution >= 4 is 40.9 Å². The summed E-state index contributed by atoms with van der Waals surface area (Å²) in [5, 5.41) is 2.73. The number of aryl methyl sites for hydroxylation is 2. The molecule has 1 fully saturated rings. The number of carbonyl (C=O) groups excluding carboxylic acids is 2. The molecule has 2 heterocycles. The number of anilines is 1. The van der Waals surface area contributed by atoms with Gasteiger partial charge in [0, 0.05) is 17.1 Å². The summed E-state index contributed by atoms with van der Waals surface area (Å²) in [5.41, 5.74) is 5.41. The van der Waals surface area contributed by atoms with Crippen LogP contribution in [0.4, 0.5) is 5.69 Å². The number of rotatable bonds is 7. The molecule has 0 bridgehead atoms. The van der Waals surface area contributed by atoms with E-state index in [4.69, 9.17) is 17.0 Å². The molecule has 0 saturated carbocycles. The summed E-state index contributed by atoms with van der Waals surface area (Å²) >= 11 is 5.32. The average Bonchev–Trinajstić information content (AvgIpc) is 3.13. The van der Waals surface area contributed by atoms with Crippen LogP contribution in [-0.2, 0) is 16.0 Å². The number of carbonyl (C=O) groups is 2. The van der Waals surface area contributed by atoms with Crippen LogP contribution in [0.15, 0.2) is 72.8 Å². The molecule has 0 aliphatic carbocycles. The molecule has 35 heavy (non-hydrogen) atoms. The first-order chi connectivity index (χ1) is 16.8. The van der Waals surface area contributed by atoms with Crippen LogP contribution in [0.25, 0.3) is 11.8 Å². The first-order valence-corrected chi connectivity index (χ1v) is 11.8. The smallest absolute Gasteiger partial charge is 0.270 e. The van der Waals surface area contributed by atoms with Crippen LogP contribution in [0.1, 0.15) is 29.4 Å². The van der Waals surface area contributed by atoms with Crippen LogP contribution in [-0.4, -0.2) is 28.1 Å². The fraction of sp³-hybridized carbons (Fsp3) is 0.179. The van der Waals surface area contributed by atoms with Crippen LogP contribution < -0.4 is 15.0 Å². The lowest BCUT2D eigenvalue weighted by Crippen LogP contribution is -2.54. The van der Waals surface area contributed by atoms with Crippen molar-refractivity contribution in [3.63, 3.8) is 0 Å². The summed E-state index contributed by atoms with van der Waals surface area (Å²) in [7, 11) is 0. The number of hydrogen-bond donors (Lipinski definition) is 1. The second kappa shape index (κ2) is 10.1. The highest BCUT2D eigenvalue weighted by Crippen LogP contribution is 2.27. The van der Waals surface area contributed by atoms with E-state index in [-0.39, 0.29) is 10.7 Å². The fourth-order valence-electron chi connectivity index (χ4n) is 4.11. The number of benzene rings is 2. The zero-order valence-corrected chi connectivity index (χ0v) is 20.8. The molecule has 2 amide bonds. The Morgan fingerprint density at radius 1 is 1.03 bits per heavy atom. The van der Waals surface area contributed by atoms with Gasteiger partial charge in [-0.2, -0.15) is 0 Å². The largest absolute Gasteiger partial charge is 0.490 e. The van der Waals surface area contributed by atoms with Crippen LogP contribution >= 0.6 is 12.2 Å². The second-order valence-electron chi connectivity index (χ2n) is 8.23. The van der Waals surface area contributed by atoms with Crippen LogP contribution in [0.5, 0.6) is 5.75 Å². The number of ether oxygens (including phenoxy) is 1. The molecule has 1 saturated heterocycles. The Hall–Kier alpha value is -3.97. The Bertz CT molecular complexity index is 1340. The lowest BCUT2D eigenvalue weighted by Gasteiger charge is -2.29. The van der Waals surface area contributed by atoms with E-state index in [0.29, 0.717) is 12.3 Å². The lowest BCUT2D eigenvalue weighted by atomic mass is 10.1. The molecule has 178 valence electrons. The highest BCUT2D eigenvalue weighted by Gasteiger charge is 2.34. The van der Waals surface area contributed by atoms with Gasteiger partial charge in [-0.25, -0.2) is 0 Å². The van der Waals surface area contributed by atoms with Crippen LogP contribution in [0.2, 0.25) is 0 Å². The molecule has 0 spiro atoms. The summed E-state index contributed by atoms with van der Waals surface area (Å²) in [6.45, 7) is 10.1. The highest BCUT2D eigenvalue weighted by molar-refractivity contribution is 7.80. The van der Waals surface area contributed by atoms with Crippen molar-refractivity contribution in [3.8, 4) is 11.4 Å². The molecule has 1 N–H and O–H groups in total. The van der Waals surface area contributed by atoms with Gasteiger partial charge in [0.05, 0.1) is 5.69 Å². The fourth-order valence-corrected chi connectivity index (χ4v) is 4.39. The number of thiocarbonyl (C=S) groups is 1. The molecule has 0 unspecified atom stereocenters. The number of amides is 2. The van der Waals surface area contributed by atoms with Crippen molar-refractivity contribution in [2.45, 2.75) is 27.2 Å². The number of nitrogens with one attached hydrogen (secondary N) is 1. The molecule has 6 nitrogen and oxygen atoms in total. The standard InChI is InChI=1S/C28H27N3O3S/c1-5-15-34-24-13-11-22(12-14-24)30-18(3)16-21(19(30)4)17-25-26(32)29-28(35)31(27(25)33)23-9-7-20(6-2)8-10-23/h5,7-14,16-17H,1,6,15H2,2-4H3,(H,29,32,35)/b25-17+. The minimum atomic E-state index is -0.505. The summed E-state index contributed by atoms with van der Waals surface area (Å²) < 4.78 is 7.64. The van der Waals surface area contributed by atoms with E-state index in [1.807, 2.05) is 68.4 Å².